The minimum atomic E-state index is -4.12. The molecule has 0 bridgehead atoms. The minimum absolute atomic E-state index is 0.216. The zero-order valence-corrected chi connectivity index (χ0v) is 11.0. The van der Waals surface area contributed by atoms with Gasteiger partial charge in [0.15, 0.2) is 0 Å². The Balaban J connectivity index is 1.89. The molecule has 18 heavy (non-hydrogen) atoms. The van der Waals surface area contributed by atoms with E-state index in [1.165, 1.54) is 0 Å². The Kier molecular flexibility index (Phi) is 3.64. The van der Waals surface area contributed by atoms with E-state index < -0.39 is 11.7 Å². The van der Waals surface area contributed by atoms with E-state index >= 15 is 0 Å². The third kappa shape index (κ3) is 2.81. The fourth-order valence-corrected chi connectivity index (χ4v) is 2.45. The lowest BCUT2D eigenvalue weighted by molar-refractivity contribution is -0.167. The van der Waals surface area contributed by atoms with Crippen LogP contribution in [0.15, 0.2) is 0 Å². The molecule has 0 radical (unpaired) electrons. The van der Waals surface area contributed by atoms with Gasteiger partial charge in [0.1, 0.15) is 5.54 Å². The second kappa shape index (κ2) is 4.65. The predicted octanol–water partition coefficient (Wildman–Crippen LogP) is 1.35. The molecule has 0 spiro atoms. The molecule has 2 fully saturated rings. The highest BCUT2D eigenvalue weighted by atomic mass is 19.4. The lowest BCUT2D eigenvalue weighted by atomic mass is 10.0. The first-order chi connectivity index (χ1) is 8.27. The number of rotatable bonds is 4. The molecule has 0 atom stereocenters. The number of hydrogen-bond donors (Lipinski definition) is 2. The fourth-order valence-electron chi connectivity index (χ4n) is 2.45. The van der Waals surface area contributed by atoms with Crippen LogP contribution in [0.4, 0.5) is 13.2 Å². The van der Waals surface area contributed by atoms with Crippen molar-refractivity contribution >= 4 is 0 Å². The third-order valence-electron chi connectivity index (χ3n) is 4.13. The maximum Gasteiger partial charge on any atom is 0.406 e. The van der Waals surface area contributed by atoms with Crippen molar-refractivity contribution in [1.82, 2.24) is 15.5 Å². The molecule has 0 aromatic rings. The van der Waals surface area contributed by atoms with Crippen LogP contribution in [0, 0.1) is 0 Å². The van der Waals surface area contributed by atoms with Crippen LogP contribution in [0.1, 0.15) is 26.7 Å². The van der Waals surface area contributed by atoms with Gasteiger partial charge in [0.25, 0.3) is 0 Å². The Morgan fingerprint density at radius 1 is 1.17 bits per heavy atom. The molecule has 1 saturated carbocycles. The van der Waals surface area contributed by atoms with Crippen LogP contribution in [-0.4, -0.2) is 54.9 Å². The van der Waals surface area contributed by atoms with E-state index in [4.69, 9.17) is 0 Å². The summed E-state index contributed by atoms with van der Waals surface area (Å²) in [6.45, 7) is 8.02. The first-order valence-electron chi connectivity index (χ1n) is 6.54. The number of halogens is 3. The van der Waals surface area contributed by atoms with Gasteiger partial charge in [-0.25, -0.2) is 0 Å². The average Bonchev–Trinajstić information content (AvgIpc) is 3.08. The van der Waals surface area contributed by atoms with Crippen molar-refractivity contribution in [2.24, 2.45) is 0 Å². The lowest BCUT2D eigenvalue weighted by Crippen LogP contribution is -2.59. The Bertz CT molecular complexity index is 291. The van der Waals surface area contributed by atoms with Crippen LogP contribution in [0.25, 0.3) is 0 Å². The van der Waals surface area contributed by atoms with Crippen molar-refractivity contribution in [3.63, 3.8) is 0 Å². The number of hydrogen-bond acceptors (Lipinski definition) is 3. The second-order valence-corrected chi connectivity index (χ2v) is 5.98. The molecule has 0 unspecified atom stereocenters. The van der Waals surface area contributed by atoms with Crippen LogP contribution < -0.4 is 10.6 Å². The molecule has 0 aromatic carbocycles. The predicted molar refractivity (Wildman–Crippen MR) is 64.5 cm³/mol. The number of nitrogens with zero attached hydrogens (tertiary/aromatic N) is 1. The van der Waals surface area contributed by atoms with Gasteiger partial charge in [-0.15, -0.1) is 0 Å². The van der Waals surface area contributed by atoms with Crippen molar-refractivity contribution in [2.45, 2.75) is 43.9 Å². The Labute approximate surface area is 106 Å². The van der Waals surface area contributed by atoms with Gasteiger partial charge in [-0.3, -0.25) is 4.90 Å². The quantitative estimate of drug-likeness (QED) is 0.803. The summed E-state index contributed by atoms with van der Waals surface area (Å²) in [6, 6.07) is 0. The minimum Gasteiger partial charge on any atom is -0.314 e. The average molecular weight is 265 g/mol. The summed E-state index contributed by atoms with van der Waals surface area (Å²) in [7, 11) is 0. The van der Waals surface area contributed by atoms with E-state index in [9.17, 15) is 13.2 Å². The van der Waals surface area contributed by atoms with Gasteiger partial charge in [-0.05, 0) is 26.7 Å². The normalized spacial score (nSPS) is 25.2. The maximum atomic E-state index is 12.8. The van der Waals surface area contributed by atoms with E-state index in [0.29, 0.717) is 6.54 Å². The Morgan fingerprint density at radius 2 is 1.72 bits per heavy atom. The molecule has 6 heteroatoms. The van der Waals surface area contributed by atoms with Crippen molar-refractivity contribution in [3.05, 3.63) is 0 Å². The van der Waals surface area contributed by atoms with Crippen LogP contribution >= 0.6 is 0 Å². The monoisotopic (exact) mass is 265 g/mol. The zero-order valence-electron chi connectivity index (χ0n) is 11.0. The number of piperazine rings is 1. The molecule has 2 N–H and O–H groups in total. The SMILES string of the molecule is CC(C)(CNC1(C(F)(F)F)CC1)N1CCNCC1. The topological polar surface area (TPSA) is 27.3 Å². The van der Waals surface area contributed by atoms with Gasteiger partial charge in [0.2, 0.25) is 0 Å². The molecule has 3 nitrogen and oxygen atoms in total. The van der Waals surface area contributed by atoms with E-state index in [-0.39, 0.29) is 18.4 Å². The number of nitrogens with one attached hydrogen (secondary N) is 2. The summed E-state index contributed by atoms with van der Waals surface area (Å²) in [5.41, 5.74) is -1.83. The molecule has 0 aromatic heterocycles. The van der Waals surface area contributed by atoms with Gasteiger partial charge in [-0.2, -0.15) is 13.2 Å². The van der Waals surface area contributed by atoms with Crippen molar-refractivity contribution in [1.29, 1.82) is 0 Å². The highest BCUT2D eigenvalue weighted by Gasteiger charge is 2.63. The zero-order chi connectivity index (χ0) is 13.4. The van der Waals surface area contributed by atoms with Gasteiger partial charge >= 0.3 is 6.18 Å². The van der Waals surface area contributed by atoms with Crippen molar-refractivity contribution < 1.29 is 13.2 Å². The lowest BCUT2D eigenvalue weighted by Gasteiger charge is -2.42. The summed E-state index contributed by atoms with van der Waals surface area (Å²) in [5, 5.41) is 6.01. The Hall–Kier alpha value is -0.330. The summed E-state index contributed by atoms with van der Waals surface area (Å²) >= 11 is 0. The smallest absolute Gasteiger partial charge is 0.314 e. The largest absolute Gasteiger partial charge is 0.406 e. The Morgan fingerprint density at radius 3 is 2.17 bits per heavy atom. The molecule has 1 aliphatic carbocycles. The molecule has 2 rings (SSSR count). The molecule has 1 aliphatic heterocycles. The molecule has 2 aliphatic rings. The van der Waals surface area contributed by atoms with Crippen LogP contribution in [0.3, 0.4) is 0 Å². The van der Waals surface area contributed by atoms with Crippen molar-refractivity contribution in [2.75, 3.05) is 32.7 Å². The number of alkyl halides is 3. The summed E-state index contributed by atoms with van der Waals surface area (Å²) in [5.74, 6) is 0. The maximum absolute atomic E-state index is 12.8. The molecule has 0 amide bonds. The highest BCUT2D eigenvalue weighted by Crippen LogP contribution is 2.49. The van der Waals surface area contributed by atoms with E-state index in [0.717, 1.165) is 26.2 Å². The molecular formula is C12H22F3N3. The molecule has 1 heterocycles. The van der Waals surface area contributed by atoms with Crippen LogP contribution in [-0.2, 0) is 0 Å². The second-order valence-electron chi connectivity index (χ2n) is 5.98. The third-order valence-corrected chi connectivity index (χ3v) is 4.13. The highest BCUT2D eigenvalue weighted by molar-refractivity contribution is 5.09. The summed E-state index contributed by atoms with van der Waals surface area (Å²) in [4.78, 5) is 2.25. The van der Waals surface area contributed by atoms with E-state index in [1.54, 1.807) is 0 Å². The summed E-state index contributed by atoms with van der Waals surface area (Å²) in [6.07, 6.45) is -3.69. The molecule has 106 valence electrons. The standard InChI is InChI=1S/C12H22F3N3/c1-10(2,18-7-5-16-6-8-18)9-17-11(3-4-11)12(13,14)15/h16-17H,3-9H2,1-2H3. The van der Waals surface area contributed by atoms with Gasteiger partial charge in [0, 0.05) is 38.3 Å². The summed E-state index contributed by atoms with van der Waals surface area (Å²) < 4.78 is 38.5. The first kappa shape index (κ1) is 14.1. The van der Waals surface area contributed by atoms with Gasteiger partial charge < -0.3 is 10.6 Å². The van der Waals surface area contributed by atoms with Gasteiger partial charge in [-0.1, -0.05) is 0 Å². The fraction of sp³-hybridized carbons (Fsp3) is 1.00. The van der Waals surface area contributed by atoms with Gasteiger partial charge in [0.05, 0.1) is 0 Å². The van der Waals surface area contributed by atoms with E-state index in [2.05, 4.69) is 15.5 Å². The van der Waals surface area contributed by atoms with Crippen molar-refractivity contribution in [3.8, 4) is 0 Å². The van der Waals surface area contributed by atoms with Crippen LogP contribution in [0.2, 0.25) is 0 Å². The van der Waals surface area contributed by atoms with Crippen LogP contribution in [0.5, 0.6) is 0 Å². The first-order valence-corrected chi connectivity index (χ1v) is 6.54. The molecule has 1 saturated heterocycles. The van der Waals surface area contributed by atoms with E-state index in [1.807, 2.05) is 13.8 Å². The molecular weight excluding hydrogens is 243 g/mol.